The summed E-state index contributed by atoms with van der Waals surface area (Å²) in [4.78, 5) is 7.09. The van der Waals surface area contributed by atoms with E-state index in [0.29, 0.717) is 32.9 Å². The van der Waals surface area contributed by atoms with Crippen molar-refractivity contribution in [2.75, 3.05) is 23.7 Å². The van der Waals surface area contributed by atoms with E-state index < -0.39 is 0 Å². The summed E-state index contributed by atoms with van der Waals surface area (Å²) in [6.07, 6.45) is 5.86. The highest BCUT2D eigenvalue weighted by atomic mass is 35.5. The lowest BCUT2D eigenvalue weighted by Crippen LogP contribution is -2.52. The Balaban J connectivity index is 1.34. The molecule has 1 atom stereocenters. The summed E-state index contributed by atoms with van der Waals surface area (Å²) in [5.74, 6) is 0. The van der Waals surface area contributed by atoms with Gasteiger partial charge in [0.05, 0.1) is 33.5 Å². The Labute approximate surface area is 275 Å². The number of fused-ring (bicyclic) bond motifs is 1. The van der Waals surface area contributed by atoms with Crippen LogP contribution < -0.4 is 21.6 Å². The number of rotatable bonds is 7. The van der Waals surface area contributed by atoms with Crippen LogP contribution in [0.15, 0.2) is 78.8 Å². The van der Waals surface area contributed by atoms with E-state index in [0.717, 1.165) is 59.5 Å². The standard InChI is InChI=1S/C35H38Cl2N8/c1-22-6-5-7-26(16-22)40-32-24(19-38)20-39-34-29(32)17-27(18-30(34)37)41-33(23-8-10-25(36)11-9-23)31-21-45(43-42-31)28-12-14-44(15-13-28)35(2,3)4/h5-11,16-18,20-21,28,33,41-43H,12-15H2,1-4H3,(H,39,40)/t33-/m0/s1. The lowest BCUT2D eigenvalue weighted by molar-refractivity contribution is 0.0570. The van der Waals surface area contributed by atoms with E-state index in [1.54, 1.807) is 6.20 Å². The molecule has 0 saturated carbocycles. The Morgan fingerprint density at radius 2 is 1.78 bits per heavy atom. The largest absolute Gasteiger partial charge is 0.373 e. The number of hydrogen-bond donors (Lipinski definition) is 4. The number of likely N-dealkylation sites (tertiary alicyclic amines) is 1. The van der Waals surface area contributed by atoms with E-state index in [-0.39, 0.29) is 11.6 Å². The Kier molecular flexibility index (Phi) is 8.80. The molecule has 8 nitrogen and oxygen atoms in total. The smallest absolute Gasteiger partial charge is 0.103 e. The zero-order valence-corrected chi connectivity index (χ0v) is 27.5. The number of benzene rings is 3. The molecule has 2 aliphatic rings. The number of nitrogens with zero attached hydrogens (tertiary/aromatic N) is 4. The predicted molar refractivity (Wildman–Crippen MR) is 184 cm³/mol. The van der Waals surface area contributed by atoms with Crippen LogP contribution in [0.4, 0.5) is 17.1 Å². The number of piperidine rings is 1. The van der Waals surface area contributed by atoms with Gasteiger partial charge in [-0.1, -0.05) is 47.5 Å². The van der Waals surface area contributed by atoms with Gasteiger partial charge in [0, 0.05) is 58.9 Å². The SMILES string of the molecule is Cc1cccc(Nc2c(C#N)cnc3c(Cl)cc(N[C@H](C4=CN(C5CCN(C(C)(C)C)CC5)NN4)c4ccc(Cl)cc4)cc23)c1. The van der Waals surface area contributed by atoms with Crippen molar-refractivity contribution in [1.29, 1.82) is 5.26 Å². The molecule has 0 radical (unpaired) electrons. The molecule has 1 fully saturated rings. The molecule has 0 aliphatic carbocycles. The van der Waals surface area contributed by atoms with Crippen molar-refractivity contribution in [1.82, 2.24) is 25.9 Å². The molecule has 1 aromatic heterocycles. The molecular formula is C35H38Cl2N8. The van der Waals surface area contributed by atoms with Crippen LogP contribution in [0.25, 0.3) is 10.9 Å². The molecule has 0 amide bonds. The number of nitriles is 1. The van der Waals surface area contributed by atoms with Gasteiger partial charge in [-0.3, -0.25) is 14.9 Å². The molecule has 0 bridgehead atoms. The van der Waals surface area contributed by atoms with Gasteiger partial charge < -0.3 is 16.1 Å². The Morgan fingerprint density at radius 3 is 2.47 bits per heavy atom. The molecule has 45 heavy (non-hydrogen) atoms. The molecule has 3 aromatic carbocycles. The molecule has 0 spiro atoms. The second-order valence-electron chi connectivity index (χ2n) is 12.8. The molecule has 4 aromatic rings. The molecule has 10 heteroatoms. The lowest BCUT2D eigenvalue weighted by atomic mass is 9.98. The van der Waals surface area contributed by atoms with Crippen molar-refractivity contribution in [2.45, 2.75) is 58.2 Å². The molecule has 0 unspecified atom stereocenters. The number of aryl methyl sites for hydroxylation is 1. The molecule has 6 rings (SSSR count). The highest BCUT2D eigenvalue weighted by Crippen LogP contribution is 2.37. The van der Waals surface area contributed by atoms with Gasteiger partial charge in [0.2, 0.25) is 0 Å². The maximum atomic E-state index is 9.98. The van der Waals surface area contributed by atoms with Crippen LogP contribution in [0.2, 0.25) is 10.0 Å². The fraction of sp³-hybridized carbons (Fsp3) is 0.314. The van der Waals surface area contributed by atoms with Crippen molar-refractivity contribution in [3.63, 3.8) is 0 Å². The van der Waals surface area contributed by atoms with Crippen LogP contribution in [-0.2, 0) is 0 Å². The highest BCUT2D eigenvalue weighted by molar-refractivity contribution is 6.36. The minimum Gasteiger partial charge on any atom is -0.373 e. The van der Waals surface area contributed by atoms with Gasteiger partial charge in [0.1, 0.15) is 6.07 Å². The second-order valence-corrected chi connectivity index (χ2v) is 13.6. The maximum Gasteiger partial charge on any atom is 0.103 e. The van der Waals surface area contributed by atoms with Gasteiger partial charge in [0.25, 0.3) is 0 Å². The Morgan fingerprint density at radius 1 is 1.02 bits per heavy atom. The summed E-state index contributed by atoms with van der Waals surface area (Å²) in [6, 6.07) is 22.2. The fourth-order valence-electron chi connectivity index (χ4n) is 6.09. The zero-order chi connectivity index (χ0) is 31.7. The number of halogens is 2. The first-order chi connectivity index (χ1) is 21.6. The van der Waals surface area contributed by atoms with Gasteiger partial charge in [0.15, 0.2) is 0 Å². The quantitative estimate of drug-likeness (QED) is 0.161. The maximum absolute atomic E-state index is 9.98. The molecule has 3 heterocycles. The number of hydrogen-bond acceptors (Lipinski definition) is 8. The van der Waals surface area contributed by atoms with Crippen molar-refractivity contribution in [2.24, 2.45) is 0 Å². The van der Waals surface area contributed by atoms with Crippen LogP contribution in [0, 0.1) is 18.3 Å². The van der Waals surface area contributed by atoms with E-state index >= 15 is 0 Å². The minimum absolute atomic E-state index is 0.173. The van der Waals surface area contributed by atoms with Crippen molar-refractivity contribution < 1.29 is 0 Å². The van der Waals surface area contributed by atoms with Gasteiger partial charge in [-0.05, 0) is 88.1 Å². The van der Waals surface area contributed by atoms with E-state index in [1.807, 2.05) is 67.6 Å². The monoisotopic (exact) mass is 640 g/mol. The van der Waals surface area contributed by atoms with Crippen LogP contribution in [0.1, 0.15) is 56.3 Å². The van der Waals surface area contributed by atoms with E-state index in [1.165, 1.54) is 0 Å². The number of pyridine rings is 1. The third kappa shape index (κ3) is 6.82. The summed E-state index contributed by atoms with van der Waals surface area (Å²) in [7, 11) is 0. The van der Waals surface area contributed by atoms with Gasteiger partial charge in [-0.2, -0.15) is 5.26 Å². The Hall–Kier alpha value is -4.00. The van der Waals surface area contributed by atoms with Gasteiger partial charge in [-0.15, -0.1) is 5.53 Å². The van der Waals surface area contributed by atoms with Crippen molar-refractivity contribution in [3.05, 3.63) is 105 Å². The Bertz CT molecular complexity index is 1770. The molecule has 2 aliphatic heterocycles. The molecule has 1 saturated heterocycles. The minimum atomic E-state index is -0.247. The third-order valence-electron chi connectivity index (χ3n) is 8.57. The number of anilines is 3. The average Bonchev–Trinajstić information content (AvgIpc) is 3.51. The van der Waals surface area contributed by atoms with Gasteiger partial charge in [-0.25, -0.2) is 0 Å². The number of aromatic nitrogens is 1. The predicted octanol–water partition coefficient (Wildman–Crippen LogP) is 8.05. The number of nitrogens with one attached hydrogen (secondary N) is 4. The van der Waals surface area contributed by atoms with Gasteiger partial charge >= 0.3 is 0 Å². The van der Waals surface area contributed by atoms with E-state index in [9.17, 15) is 5.26 Å². The lowest BCUT2D eigenvalue weighted by Gasteiger charge is -2.42. The first-order valence-electron chi connectivity index (χ1n) is 15.2. The fourth-order valence-corrected chi connectivity index (χ4v) is 6.49. The summed E-state index contributed by atoms with van der Waals surface area (Å²) in [5, 5.41) is 21.2. The van der Waals surface area contributed by atoms with E-state index in [4.69, 9.17) is 23.2 Å². The molecule has 4 N–H and O–H groups in total. The van der Waals surface area contributed by atoms with Crippen LogP contribution in [0.3, 0.4) is 0 Å². The van der Waals surface area contributed by atoms with Crippen LogP contribution in [0.5, 0.6) is 0 Å². The first-order valence-corrected chi connectivity index (χ1v) is 16.0. The normalized spacial score (nSPS) is 16.6. The summed E-state index contributed by atoms with van der Waals surface area (Å²) < 4.78 is 0. The summed E-state index contributed by atoms with van der Waals surface area (Å²) >= 11 is 13.1. The van der Waals surface area contributed by atoms with Crippen molar-refractivity contribution >= 4 is 51.2 Å². The van der Waals surface area contributed by atoms with Crippen LogP contribution >= 0.6 is 23.2 Å². The molecule has 232 valence electrons. The topological polar surface area (TPSA) is 91.3 Å². The number of hydrazine groups is 2. The first kappa shape index (κ1) is 31.0. The third-order valence-corrected chi connectivity index (χ3v) is 9.11. The highest BCUT2D eigenvalue weighted by Gasteiger charge is 2.32. The second kappa shape index (κ2) is 12.8. The van der Waals surface area contributed by atoms with Crippen molar-refractivity contribution in [3.8, 4) is 6.07 Å². The van der Waals surface area contributed by atoms with E-state index in [2.05, 4.69) is 69.5 Å². The molecular weight excluding hydrogens is 603 g/mol. The summed E-state index contributed by atoms with van der Waals surface area (Å²) in [5.41, 5.74) is 13.5. The zero-order valence-electron chi connectivity index (χ0n) is 26.0. The van der Waals surface area contributed by atoms with Crippen LogP contribution in [-0.4, -0.2) is 39.6 Å². The average molecular weight is 642 g/mol. The summed E-state index contributed by atoms with van der Waals surface area (Å²) in [6.45, 7) is 11.0.